The van der Waals surface area contributed by atoms with E-state index < -0.39 is 0 Å². The lowest BCUT2D eigenvalue weighted by Crippen LogP contribution is -2.34. The molecular formula is C15H16N4O. The molecule has 1 aliphatic rings. The number of carbonyl (C=O) groups is 1. The number of nitrogens with two attached hydrogens (primary N) is 1. The van der Waals surface area contributed by atoms with Gasteiger partial charge in [-0.15, -0.1) is 0 Å². The van der Waals surface area contributed by atoms with E-state index in [1.165, 1.54) is 6.33 Å². The molecule has 1 fully saturated rings. The maximum atomic E-state index is 12.4. The SMILES string of the molecule is Nc1ccc(C2(C(=O)NCc3ccncn3)CC2)cc1. The quantitative estimate of drug-likeness (QED) is 0.821. The van der Waals surface area contributed by atoms with Crippen LogP contribution < -0.4 is 11.1 Å². The number of amides is 1. The van der Waals surface area contributed by atoms with Crippen LogP contribution in [0.1, 0.15) is 24.1 Å². The van der Waals surface area contributed by atoms with Crippen molar-refractivity contribution in [2.45, 2.75) is 24.8 Å². The molecule has 3 N–H and O–H groups in total. The summed E-state index contributed by atoms with van der Waals surface area (Å²) in [4.78, 5) is 20.3. The third kappa shape index (κ3) is 2.34. The zero-order valence-corrected chi connectivity index (χ0v) is 11.0. The van der Waals surface area contributed by atoms with Gasteiger partial charge in [-0.05, 0) is 36.6 Å². The summed E-state index contributed by atoms with van der Waals surface area (Å²) in [7, 11) is 0. The number of rotatable bonds is 4. The predicted octanol–water partition coefficient (Wildman–Crippen LogP) is 1.41. The Hall–Kier alpha value is -2.43. The minimum Gasteiger partial charge on any atom is -0.399 e. The lowest BCUT2D eigenvalue weighted by Gasteiger charge is -2.15. The minimum atomic E-state index is -0.374. The summed E-state index contributed by atoms with van der Waals surface area (Å²) >= 11 is 0. The third-order valence-corrected chi connectivity index (χ3v) is 3.72. The van der Waals surface area contributed by atoms with Gasteiger partial charge in [0.2, 0.25) is 5.91 Å². The number of nitrogens with zero attached hydrogens (tertiary/aromatic N) is 2. The Morgan fingerprint density at radius 1 is 1.25 bits per heavy atom. The third-order valence-electron chi connectivity index (χ3n) is 3.72. The zero-order chi connectivity index (χ0) is 14.0. The molecule has 5 heteroatoms. The van der Waals surface area contributed by atoms with Crippen LogP contribution in [0.25, 0.3) is 0 Å². The maximum absolute atomic E-state index is 12.4. The second-order valence-corrected chi connectivity index (χ2v) is 5.09. The molecule has 0 spiro atoms. The Balaban J connectivity index is 1.69. The van der Waals surface area contributed by atoms with Crippen molar-refractivity contribution in [2.75, 3.05) is 5.73 Å². The number of nitrogen functional groups attached to an aromatic ring is 1. The maximum Gasteiger partial charge on any atom is 0.230 e. The van der Waals surface area contributed by atoms with E-state index in [4.69, 9.17) is 5.73 Å². The Bertz CT molecular complexity index is 606. The van der Waals surface area contributed by atoms with Crippen LogP contribution >= 0.6 is 0 Å². The van der Waals surface area contributed by atoms with Crippen LogP contribution in [-0.2, 0) is 16.8 Å². The number of anilines is 1. The van der Waals surface area contributed by atoms with E-state index in [1.807, 2.05) is 24.3 Å². The van der Waals surface area contributed by atoms with E-state index in [0.29, 0.717) is 12.2 Å². The summed E-state index contributed by atoms with van der Waals surface area (Å²) in [5, 5.41) is 2.95. The Labute approximate surface area is 117 Å². The summed E-state index contributed by atoms with van der Waals surface area (Å²) in [6.45, 7) is 0.429. The van der Waals surface area contributed by atoms with Crippen LogP contribution in [-0.4, -0.2) is 15.9 Å². The highest BCUT2D eigenvalue weighted by Crippen LogP contribution is 2.48. The van der Waals surface area contributed by atoms with Crippen molar-refractivity contribution in [2.24, 2.45) is 0 Å². The smallest absolute Gasteiger partial charge is 0.230 e. The molecular weight excluding hydrogens is 252 g/mol. The number of aromatic nitrogens is 2. The fourth-order valence-electron chi connectivity index (χ4n) is 2.34. The molecule has 1 amide bonds. The van der Waals surface area contributed by atoms with Gasteiger partial charge < -0.3 is 11.1 Å². The van der Waals surface area contributed by atoms with Crippen LogP contribution in [0, 0.1) is 0 Å². The summed E-state index contributed by atoms with van der Waals surface area (Å²) in [5.74, 6) is 0.0564. The second kappa shape index (κ2) is 4.92. The average Bonchev–Trinajstić information content (AvgIpc) is 3.28. The normalized spacial score (nSPS) is 15.6. The lowest BCUT2D eigenvalue weighted by atomic mass is 9.95. The van der Waals surface area contributed by atoms with Crippen LogP contribution in [0.15, 0.2) is 42.9 Å². The van der Waals surface area contributed by atoms with E-state index >= 15 is 0 Å². The molecule has 1 aromatic heterocycles. The van der Waals surface area contributed by atoms with Crippen LogP contribution in [0.5, 0.6) is 0 Å². The number of nitrogens with one attached hydrogen (secondary N) is 1. The molecule has 102 valence electrons. The molecule has 1 heterocycles. The van der Waals surface area contributed by atoms with Crippen molar-refractivity contribution in [3.63, 3.8) is 0 Å². The predicted molar refractivity (Wildman–Crippen MR) is 75.6 cm³/mol. The first-order valence-electron chi connectivity index (χ1n) is 6.60. The molecule has 0 bridgehead atoms. The largest absolute Gasteiger partial charge is 0.399 e. The van der Waals surface area contributed by atoms with Gasteiger partial charge in [0.1, 0.15) is 6.33 Å². The van der Waals surface area contributed by atoms with Gasteiger partial charge in [0.05, 0.1) is 17.7 Å². The van der Waals surface area contributed by atoms with Crippen molar-refractivity contribution in [1.82, 2.24) is 15.3 Å². The van der Waals surface area contributed by atoms with Gasteiger partial charge in [0.15, 0.2) is 0 Å². The number of carbonyl (C=O) groups excluding carboxylic acids is 1. The van der Waals surface area contributed by atoms with Crippen molar-refractivity contribution < 1.29 is 4.79 Å². The Morgan fingerprint density at radius 2 is 2.00 bits per heavy atom. The minimum absolute atomic E-state index is 0.0564. The standard InChI is InChI=1S/C15H16N4O/c16-12-3-1-11(2-4-12)15(6-7-15)14(20)18-9-13-5-8-17-10-19-13/h1-5,8,10H,6-7,9,16H2,(H,18,20). The summed E-state index contributed by atoms with van der Waals surface area (Å²) < 4.78 is 0. The highest BCUT2D eigenvalue weighted by Gasteiger charge is 2.51. The number of benzene rings is 1. The zero-order valence-electron chi connectivity index (χ0n) is 11.0. The molecule has 0 saturated heterocycles. The first kappa shape index (κ1) is 12.6. The van der Waals surface area contributed by atoms with Gasteiger partial charge in [-0.1, -0.05) is 12.1 Å². The van der Waals surface area contributed by atoms with Crippen molar-refractivity contribution >= 4 is 11.6 Å². The van der Waals surface area contributed by atoms with Crippen LogP contribution in [0.3, 0.4) is 0 Å². The highest BCUT2D eigenvalue weighted by molar-refractivity contribution is 5.91. The molecule has 3 rings (SSSR count). The fraction of sp³-hybridized carbons (Fsp3) is 0.267. The molecule has 1 aromatic carbocycles. The van der Waals surface area contributed by atoms with Gasteiger partial charge >= 0.3 is 0 Å². The van der Waals surface area contributed by atoms with E-state index in [2.05, 4.69) is 15.3 Å². The van der Waals surface area contributed by atoms with E-state index in [1.54, 1.807) is 12.3 Å². The topological polar surface area (TPSA) is 80.9 Å². The number of hydrogen-bond acceptors (Lipinski definition) is 4. The summed E-state index contributed by atoms with van der Waals surface area (Å²) in [5.41, 5.74) is 7.87. The van der Waals surface area contributed by atoms with E-state index in [9.17, 15) is 4.79 Å². The van der Waals surface area contributed by atoms with E-state index in [0.717, 1.165) is 24.1 Å². The van der Waals surface area contributed by atoms with Crippen LogP contribution in [0.2, 0.25) is 0 Å². The molecule has 0 radical (unpaired) electrons. The molecule has 0 atom stereocenters. The molecule has 20 heavy (non-hydrogen) atoms. The number of hydrogen-bond donors (Lipinski definition) is 2. The van der Waals surface area contributed by atoms with Crippen molar-refractivity contribution in [3.8, 4) is 0 Å². The molecule has 1 saturated carbocycles. The Kier molecular flexibility index (Phi) is 3.10. The molecule has 0 aliphatic heterocycles. The van der Waals surface area contributed by atoms with Gasteiger partial charge in [-0.25, -0.2) is 9.97 Å². The van der Waals surface area contributed by atoms with Gasteiger partial charge in [0, 0.05) is 11.9 Å². The molecule has 0 unspecified atom stereocenters. The van der Waals surface area contributed by atoms with Gasteiger partial charge in [0.25, 0.3) is 0 Å². The highest BCUT2D eigenvalue weighted by atomic mass is 16.2. The fourth-order valence-corrected chi connectivity index (χ4v) is 2.34. The summed E-state index contributed by atoms with van der Waals surface area (Å²) in [6, 6.07) is 9.35. The second-order valence-electron chi connectivity index (χ2n) is 5.09. The van der Waals surface area contributed by atoms with Crippen LogP contribution in [0.4, 0.5) is 5.69 Å². The first-order chi connectivity index (χ1) is 9.71. The lowest BCUT2D eigenvalue weighted by molar-refractivity contribution is -0.123. The van der Waals surface area contributed by atoms with Crippen molar-refractivity contribution in [1.29, 1.82) is 0 Å². The first-order valence-corrected chi connectivity index (χ1v) is 6.60. The van der Waals surface area contributed by atoms with Gasteiger partial charge in [-0.2, -0.15) is 0 Å². The molecule has 5 nitrogen and oxygen atoms in total. The van der Waals surface area contributed by atoms with Gasteiger partial charge in [-0.3, -0.25) is 4.79 Å². The average molecular weight is 268 g/mol. The van der Waals surface area contributed by atoms with E-state index in [-0.39, 0.29) is 11.3 Å². The summed E-state index contributed by atoms with van der Waals surface area (Å²) in [6.07, 6.45) is 4.91. The Morgan fingerprint density at radius 3 is 2.60 bits per heavy atom. The monoisotopic (exact) mass is 268 g/mol. The van der Waals surface area contributed by atoms with Crippen molar-refractivity contribution in [3.05, 3.63) is 54.1 Å². The molecule has 2 aromatic rings. The molecule has 1 aliphatic carbocycles.